The molecule has 0 bridgehead atoms. The molecule has 0 atom stereocenters. The minimum atomic E-state index is -1.28. The van der Waals surface area contributed by atoms with E-state index in [1.54, 1.807) is 0 Å². The van der Waals surface area contributed by atoms with Crippen LogP contribution in [-0.4, -0.2) is 11.8 Å². The van der Waals surface area contributed by atoms with Crippen LogP contribution in [0.3, 0.4) is 0 Å². The number of hydrogen-bond donors (Lipinski definition) is 0. The molecule has 0 aliphatic heterocycles. The van der Waals surface area contributed by atoms with Gasteiger partial charge in [0.15, 0.2) is 0 Å². The molecular formula is C6H9AgO3. The van der Waals surface area contributed by atoms with Gasteiger partial charge in [0.25, 0.3) is 0 Å². The second-order valence-corrected chi connectivity index (χ2v) is 1.84. The van der Waals surface area contributed by atoms with Gasteiger partial charge in [0, 0.05) is 18.8 Å². The number of hydrogen-bond acceptors (Lipinski definition) is 3. The molecule has 0 aliphatic carbocycles. The van der Waals surface area contributed by atoms with Crippen LogP contribution in [0.4, 0.5) is 0 Å². The van der Waals surface area contributed by atoms with E-state index in [0.717, 1.165) is 0 Å². The third kappa shape index (κ3) is 7.88. The normalized spacial score (nSPS) is 8.10. The molecule has 62 valence electrons. The number of ketones is 1. The van der Waals surface area contributed by atoms with Crippen LogP contribution >= 0.6 is 0 Å². The Morgan fingerprint density at radius 1 is 1.40 bits per heavy atom. The van der Waals surface area contributed by atoms with Crippen LogP contribution < -0.4 is 5.11 Å². The van der Waals surface area contributed by atoms with Crippen molar-refractivity contribution in [1.82, 2.24) is 0 Å². The maximum absolute atomic E-state index is 10.4. The summed E-state index contributed by atoms with van der Waals surface area (Å²) in [6, 6.07) is 0. The van der Waals surface area contributed by atoms with E-state index in [1.165, 1.54) is 0 Å². The van der Waals surface area contributed by atoms with E-state index in [0.29, 0.717) is 12.8 Å². The van der Waals surface area contributed by atoms with Gasteiger partial charge in [0.2, 0.25) is 0 Å². The van der Waals surface area contributed by atoms with Gasteiger partial charge in [-0.2, -0.15) is 0 Å². The molecule has 4 heteroatoms. The monoisotopic (exact) mass is 236 g/mol. The largest absolute Gasteiger partial charge is 1.00 e. The quantitative estimate of drug-likeness (QED) is 0.489. The summed E-state index contributed by atoms with van der Waals surface area (Å²) < 4.78 is 0. The molecule has 0 fully saturated rings. The molecule has 0 unspecified atom stereocenters. The molecule has 0 amide bonds. The van der Waals surface area contributed by atoms with Crippen LogP contribution in [0.2, 0.25) is 0 Å². The molecule has 0 N–H and O–H groups in total. The van der Waals surface area contributed by atoms with Crippen LogP contribution in [0, 0.1) is 0 Å². The van der Waals surface area contributed by atoms with Crippen molar-refractivity contribution in [2.45, 2.75) is 26.2 Å². The molecule has 0 saturated heterocycles. The van der Waals surface area contributed by atoms with Crippen LogP contribution in [0.1, 0.15) is 26.2 Å². The molecule has 10 heavy (non-hydrogen) atoms. The van der Waals surface area contributed by atoms with Crippen molar-refractivity contribution in [2.75, 3.05) is 0 Å². The van der Waals surface area contributed by atoms with Gasteiger partial charge in [-0.25, -0.2) is 0 Å². The third-order valence-electron chi connectivity index (χ3n) is 0.870. The minimum Gasteiger partial charge on any atom is -0.550 e. The first kappa shape index (κ1) is 12.5. The number of carboxylic acids is 1. The summed E-state index contributed by atoms with van der Waals surface area (Å²) in [6.07, 6.45) is 0.605. The predicted molar refractivity (Wildman–Crippen MR) is 29.5 cm³/mol. The second kappa shape index (κ2) is 6.99. The Morgan fingerprint density at radius 3 is 2.20 bits per heavy atom. The Labute approximate surface area is 75.3 Å². The van der Waals surface area contributed by atoms with Crippen molar-refractivity contribution in [2.24, 2.45) is 0 Å². The maximum atomic E-state index is 10.4. The molecule has 0 aromatic carbocycles. The van der Waals surface area contributed by atoms with Gasteiger partial charge in [-0.05, 0) is 6.42 Å². The zero-order chi connectivity index (χ0) is 7.28. The summed E-state index contributed by atoms with van der Waals surface area (Å²) in [7, 11) is 0. The van der Waals surface area contributed by atoms with Gasteiger partial charge in [0.05, 0.1) is 0 Å². The first-order valence-electron chi connectivity index (χ1n) is 2.88. The smallest absolute Gasteiger partial charge is 0.550 e. The predicted octanol–water partition coefficient (Wildman–Crippen LogP) is -0.507. The van der Waals surface area contributed by atoms with Crippen LogP contribution in [0.25, 0.3) is 0 Å². The molecule has 0 aromatic heterocycles. The zero-order valence-electron chi connectivity index (χ0n) is 5.65. The average molecular weight is 237 g/mol. The van der Waals surface area contributed by atoms with E-state index in [9.17, 15) is 14.7 Å². The van der Waals surface area contributed by atoms with Crippen molar-refractivity contribution >= 4 is 11.8 Å². The molecule has 0 heterocycles. The van der Waals surface area contributed by atoms with E-state index >= 15 is 0 Å². The van der Waals surface area contributed by atoms with Crippen molar-refractivity contribution in [3.63, 3.8) is 0 Å². The number of rotatable bonds is 4. The number of carbonyl (C=O) groups excluding carboxylic acids is 2. The first-order valence-corrected chi connectivity index (χ1v) is 2.88. The van der Waals surface area contributed by atoms with Crippen molar-refractivity contribution in [1.29, 1.82) is 0 Å². The van der Waals surface area contributed by atoms with Gasteiger partial charge >= 0.3 is 22.4 Å². The Hall–Kier alpha value is -0.120. The number of carbonyl (C=O) groups is 2. The topological polar surface area (TPSA) is 57.2 Å². The minimum absolute atomic E-state index is 0. The van der Waals surface area contributed by atoms with Crippen molar-refractivity contribution < 1.29 is 37.1 Å². The SMILES string of the molecule is CCCC(=O)CC(=O)[O-].[Ag+]. The van der Waals surface area contributed by atoms with E-state index in [1.807, 2.05) is 6.92 Å². The average Bonchev–Trinajstić information content (AvgIpc) is 1.63. The summed E-state index contributed by atoms with van der Waals surface area (Å²) in [4.78, 5) is 20.2. The van der Waals surface area contributed by atoms with Crippen molar-refractivity contribution in [3.8, 4) is 0 Å². The van der Waals surface area contributed by atoms with Gasteiger partial charge in [-0.15, -0.1) is 0 Å². The van der Waals surface area contributed by atoms with Gasteiger partial charge in [0.1, 0.15) is 5.78 Å². The molecule has 0 radical (unpaired) electrons. The summed E-state index contributed by atoms with van der Waals surface area (Å²) in [6.45, 7) is 1.83. The summed E-state index contributed by atoms with van der Waals surface area (Å²) >= 11 is 0. The molecule has 3 nitrogen and oxygen atoms in total. The summed E-state index contributed by atoms with van der Waals surface area (Å²) in [5.74, 6) is -1.54. The van der Waals surface area contributed by atoms with Crippen LogP contribution in [-0.2, 0) is 32.0 Å². The molecular weight excluding hydrogens is 228 g/mol. The number of aliphatic carboxylic acids is 1. The Balaban J connectivity index is 0. The van der Waals surface area contributed by atoms with Crippen molar-refractivity contribution in [3.05, 3.63) is 0 Å². The number of carboxylic acid groups (broad SMARTS) is 1. The summed E-state index contributed by atoms with van der Waals surface area (Å²) in [5.41, 5.74) is 0. The van der Waals surface area contributed by atoms with Gasteiger partial charge < -0.3 is 9.90 Å². The van der Waals surface area contributed by atoms with Crippen LogP contribution in [0.15, 0.2) is 0 Å². The summed E-state index contributed by atoms with van der Waals surface area (Å²) in [5, 5.41) is 9.75. The fourth-order valence-corrected chi connectivity index (χ4v) is 0.528. The van der Waals surface area contributed by atoms with Crippen LogP contribution in [0.5, 0.6) is 0 Å². The fraction of sp³-hybridized carbons (Fsp3) is 0.667. The second-order valence-electron chi connectivity index (χ2n) is 1.84. The molecule has 0 aromatic rings. The molecule has 0 rings (SSSR count). The van der Waals surface area contributed by atoms with Gasteiger partial charge in [-0.3, -0.25) is 4.79 Å². The van der Waals surface area contributed by atoms with E-state index < -0.39 is 12.4 Å². The van der Waals surface area contributed by atoms with E-state index in [4.69, 9.17) is 0 Å². The molecule has 0 spiro atoms. The standard InChI is InChI=1S/C6H10O3.Ag/c1-2-3-5(7)4-6(8)9;/h2-4H2,1H3,(H,8,9);/q;+1/p-1. The number of Topliss-reactive ketones (excluding diaryl/α,β-unsaturated/α-hetero) is 1. The Kier molecular flexibility index (Phi) is 8.77. The molecule has 0 saturated carbocycles. The third-order valence-corrected chi connectivity index (χ3v) is 0.870. The van der Waals surface area contributed by atoms with E-state index in [-0.39, 0.29) is 28.2 Å². The maximum Gasteiger partial charge on any atom is 1.00 e. The molecule has 0 aliphatic rings. The van der Waals surface area contributed by atoms with E-state index in [2.05, 4.69) is 0 Å². The first-order chi connectivity index (χ1) is 4.16. The fourth-order valence-electron chi connectivity index (χ4n) is 0.528. The zero-order valence-corrected chi connectivity index (χ0v) is 7.13. The van der Waals surface area contributed by atoms with Gasteiger partial charge in [-0.1, -0.05) is 6.92 Å². The Bertz CT molecular complexity index is 122. The Morgan fingerprint density at radius 2 is 1.90 bits per heavy atom.